The normalized spacial score (nSPS) is 15.8. The first-order valence-corrected chi connectivity index (χ1v) is 6.17. The lowest BCUT2D eigenvalue weighted by atomic mass is 9.85. The second-order valence-electron chi connectivity index (χ2n) is 5.43. The van der Waals surface area contributed by atoms with Gasteiger partial charge in [0, 0.05) is 12.2 Å². The van der Waals surface area contributed by atoms with Crippen LogP contribution in [0.5, 0.6) is 0 Å². The van der Waals surface area contributed by atoms with Gasteiger partial charge in [-0.2, -0.15) is 5.10 Å². The molecule has 0 aromatic heterocycles. The molecule has 0 radical (unpaired) electrons. The summed E-state index contributed by atoms with van der Waals surface area (Å²) in [6.45, 7) is 10.7. The van der Waals surface area contributed by atoms with Crippen LogP contribution in [0.3, 0.4) is 0 Å². The summed E-state index contributed by atoms with van der Waals surface area (Å²) >= 11 is 0. The van der Waals surface area contributed by atoms with E-state index in [1.54, 1.807) is 0 Å². The van der Waals surface area contributed by atoms with Crippen LogP contribution in [-0.2, 0) is 5.41 Å². The van der Waals surface area contributed by atoms with Gasteiger partial charge in [0.05, 0.1) is 0 Å². The Kier molecular flexibility index (Phi) is 3.09. The first kappa shape index (κ1) is 12.0. The van der Waals surface area contributed by atoms with Crippen molar-refractivity contribution in [3.8, 4) is 0 Å². The minimum absolute atomic E-state index is 0.157. The Labute approximate surface area is 104 Å². The van der Waals surface area contributed by atoms with Gasteiger partial charge in [-0.15, -0.1) is 0 Å². The van der Waals surface area contributed by atoms with Crippen molar-refractivity contribution in [3.05, 3.63) is 29.8 Å². The molecule has 0 bridgehead atoms. The second-order valence-corrected chi connectivity index (χ2v) is 5.43. The number of hydrazone groups is 1. The van der Waals surface area contributed by atoms with Crippen LogP contribution < -0.4 is 4.90 Å². The fraction of sp³-hybridized carbons (Fsp3) is 0.500. The van der Waals surface area contributed by atoms with Crippen LogP contribution in [-0.4, -0.2) is 24.6 Å². The number of para-hydroxylation sites is 1. The van der Waals surface area contributed by atoms with Gasteiger partial charge in [0.2, 0.25) is 0 Å². The maximum atomic E-state index is 4.37. The molecule has 1 heterocycles. The summed E-state index contributed by atoms with van der Waals surface area (Å²) in [4.78, 5) is 2.21. The summed E-state index contributed by atoms with van der Waals surface area (Å²) in [6.07, 6.45) is 1.92. The molecule has 0 atom stereocenters. The third-order valence-electron chi connectivity index (χ3n) is 3.06. The summed E-state index contributed by atoms with van der Waals surface area (Å²) in [5.74, 6) is 0. The maximum Gasteiger partial charge on any atom is 0.117 e. The first-order valence-electron chi connectivity index (χ1n) is 6.17. The van der Waals surface area contributed by atoms with Crippen LogP contribution >= 0.6 is 0 Å². The molecule has 0 fully saturated rings. The Balaban J connectivity index is 2.31. The van der Waals surface area contributed by atoms with Crippen LogP contribution in [0.2, 0.25) is 0 Å². The zero-order valence-electron chi connectivity index (χ0n) is 11.1. The highest BCUT2D eigenvalue weighted by Crippen LogP contribution is 2.32. The topological polar surface area (TPSA) is 18.8 Å². The Hall–Kier alpha value is -1.51. The monoisotopic (exact) mass is 231 g/mol. The molecule has 1 aromatic carbocycles. The summed E-state index contributed by atoms with van der Waals surface area (Å²) in [7, 11) is 0. The van der Waals surface area contributed by atoms with Gasteiger partial charge in [-0.05, 0) is 24.0 Å². The minimum atomic E-state index is 0.157. The van der Waals surface area contributed by atoms with Crippen molar-refractivity contribution in [2.24, 2.45) is 5.10 Å². The Morgan fingerprint density at radius 3 is 2.53 bits per heavy atom. The highest BCUT2D eigenvalue weighted by molar-refractivity contribution is 5.82. The molecule has 1 aromatic rings. The smallest absolute Gasteiger partial charge is 0.117 e. The molecule has 0 unspecified atom stereocenters. The number of anilines is 1. The van der Waals surface area contributed by atoms with Gasteiger partial charge in [0.25, 0.3) is 0 Å². The lowest BCUT2D eigenvalue weighted by Gasteiger charge is -2.27. The van der Waals surface area contributed by atoms with Crippen LogP contribution in [0.25, 0.3) is 0 Å². The molecule has 92 valence electrons. The molecule has 0 saturated carbocycles. The summed E-state index contributed by atoms with van der Waals surface area (Å²) < 4.78 is 0. The molecule has 3 nitrogen and oxygen atoms in total. The molecule has 0 N–H and O–H groups in total. The van der Waals surface area contributed by atoms with E-state index in [0.717, 1.165) is 13.2 Å². The van der Waals surface area contributed by atoms with Crippen molar-refractivity contribution in [2.75, 3.05) is 18.1 Å². The van der Waals surface area contributed by atoms with E-state index in [4.69, 9.17) is 0 Å². The molecule has 1 aliphatic heterocycles. The van der Waals surface area contributed by atoms with Crippen molar-refractivity contribution in [2.45, 2.75) is 33.1 Å². The average molecular weight is 231 g/mol. The van der Waals surface area contributed by atoms with Crippen molar-refractivity contribution >= 4 is 12.0 Å². The number of hydrogen-bond donors (Lipinski definition) is 0. The van der Waals surface area contributed by atoms with E-state index in [1.807, 2.05) is 6.34 Å². The van der Waals surface area contributed by atoms with Gasteiger partial charge in [0.15, 0.2) is 0 Å². The van der Waals surface area contributed by atoms with Crippen molar-refractivity contribution < 1.29 is 0 Å². The largest absolute Gasteiger partial charge is 0.311 e. The maximum absolute atomic E-state index is 4.37. The Morgan fingerprint density at radius 2 is 1.94 bits per heavy atom. The predicted molar refractivity (Wildman–Crippen MR) is 73.4 cm³/mol. The van der Waals surface area contributed by atoms with Crippen LogP contribution in [0.4, 0.5) is 5.69 Å². The molecule has 2 rings (SSSR count). The third-order valence-corrected chi connectivity index (χ3v) is 3.06. The van der Waals surface area contributed by atoms with E-state index in [0.29, 0.717) is 0 Å². The number of benzene rings is 1. The summed E-state index contributed by atoms with van der Waals surface area (Å²) in [5, 5.41) is 6.42. The molecule has 17 heavy (non-hydrogen) atoms. The number of nitrogens with zero attached hydrogens (tertiary/aromatic N) is 3. The third kappa shape index (κ3) is 2.43. The van der Waals surface area contributed by atoms with Crippen molar-refractivity contribution in [3.63, 3.8) is 0 Å². The van der Waals surface area contributed by atoms with E-state index in [9.17, 15) is 0 Å². The molecule has 0 saturated heterocycles. The minimum Gasteiger partial charge on any atom is -0.311 e. The van der Waals surface area contributed by atoms with E-state index < -0.39 is 0 Å². The first-order chi connectivity index (χ1) is 8.02. The highest BCUT2D eigenvalue weighted by atomic mass is 15.6. The van der Waals surface area contributed by atoms with Gasteiger partial charge >= 0.3 is 0 Å². The van der Waals surface area contributed by atoms with E-state index in [2.05, 4.69) is 67.0 Å². The Morgan fingerprint density at radius 1 is 1.24 bits per heavy atom. The zero-order valence-corrected chi connectivity index (χ0v) is 11.1. The van der Waals surface area contributed by atoms with Gasteiger partial charge in [-0.25, -0.2) is 0 Å². The van der Waals surface area contributed by atoms with Gasteiger partial charge in [-0.3, -0.25) is 5.01 Å². The number of hydrogen-bond acceptors (Lipinski definition) is 3. The van der Waals surface area contributed by atoms with Gasteiger partial charge < -0.3 is 4.90 Å². The van der Waals surface area contributed by atoms with Gasteiger partial charge in [0.1, 0.15) is 13.0 Å². The molecular formula is C14H21N3. The lowest BCUT2D eigenvalue weighted by Crippen LogP contribution is -2.28. The molecule has 0 spiro atoms. The summed E-state index contributed by atoms with van der Waals surface area (Å²) in [6, 6.07) is 8.57. The SMILES string of the molecule is CCN1CN(c2ccccc2C(C)(C)C)C=N1. The fourth-order valence-corrected chi connectivity index (χ4v) is 2.06. The van der Waals surface area contributed by atoms with Crippen LogP contribution in [0.15, 0.2) is 29.4 Å². The second kappa shape index (κ2) is 4.40. The van der Waals surface area contributed by atoms with Crippen LogP contribution in [0, 0.1) is 0 Å². The van der Waals surface area contributed by atoms with E-state index >= 15 is 0 Å². The predicted octanol–water partition coefficient (Wildman–Crippen LogP) is 3.03. The average Bonchev–Trinajstić information content (AvgIpc) is 2.76. The Bertz CT molecular complexity index is 418. The molecule has 0 amide bonds. The lowest BCUT2D eigenvalue weighted by molar-refractivity contribution is 0.337. The quantitative estimate of drug-likeness (QED) is 0.779. The summed E-state index contributed by atoms with van der Waals surface area (Å²) in [5.41, 5.74) is 2.79. The van der Waals surface area contributed by atoms with Gasteiger partial charge in [-0.1, -0.05) is 39.0 Å². The zero-order chi connectivity index (χ0) is 12.5. The van der Waals surface area contributed by atoms with E-state index in [1.165, 1.54) is 11.3 Å². The van der Waals surface area contributed by atoms with Crippen molar-refractivity contribution in [1.29, 1.82) is 0 Å². The van der Waals surface area contributed by atoms with Crippen LogP contribution in [0.1, 0.15) is 33.3 Å². The molecule has 3 heteroatoms. The number of rotatable bonds is 2. The fourth-order valence-electron chi connectivity index (χ4n) is 2.06. The molecular weight excluding hydrogens is 210 g/mol. The standard InChI is InChI=1S/C14H21N3/c1-5-17-11-16(10-15-17)13-9-7-6-8-12(13)14(2,3)4/h6-10H,5,11H2,1-4H3. The highest BCUT2D eigenvalue weighted by Gasteiger charge is 2.22. The van der Waals surface area contributed by atoms with Crippen molar-refractivity contribution in [1.82, 2.24) is 5.01 Å². The molecule has 1 aliphatic rings. The molecule has 0 aliphatic carbocycles. The van der Waals surface area contributed by atoms with E-state index in [-0.39, 0.29) is 5.41 Å².